The van der Waals surface area contributed by atoms with Crippen molar-refractivity contribution in [3.05, 3.63) is 0 Å². The van der Waals surface area contributed by atoms with Crippen molar-refractivity contribution in [3.63, 3.8) is 0 Å². The summed E-state index contributed by atoms with van der Waals surface area (Å²) in [6.45, 7) is -0.972. The van der Waals surface area contributed by atoms with Crippen molar-refractivity contribution >= 4 is 5.97 Å². The average molecular weight is 199 g/mol. The smallest absolute Gasteiger partial charge is 0.415 e. The lowest BCUT2D eigenvalue weighted by Crippen LogP contribution is -2.54. The SMILES string of the molecule is O=C(O)[C@H]1CO[C@H](C(F)(F)F)CN1. The van der Waals surface area contributed by atoms with Crippen LogP contribution in [0.2, 0.25) is 0 Å². The molecule has 7 heteroatoms. The summed E-state index contributed by atoms with van der Waals surface area (Å²) in [7, 11) is 0. The monoisotopic (exact) mass is 199 g/mol. The van der Waals surface area contributed by atoms with Crippen LogP contribution < -0.4 is 5.32 Å². The fourth-order valence-electron chi connectivity index (χ4n) is 0.948. The predicted molar refractivity (Wildman–Crippen MR) is 35.2 cm³/mol. The molecule has 13 heavy (non-hydrogen) atoms. The van der Waals surface area contributed by atoms with E-state index in [9.17, 15) is 18.0 Å². The van der Waals surface area contributed by atoms with Crippen molar-refractivity contribution in [2.45, 2.75) is 18.3 Å². The molecular formula is C6H8F3NO3. The van der Waals surface area contributed by atoms with E-state index in [0.717, 1.165) is 0 Å². The average Bonchev–Trinajstić information content (AvgIpc) is 2.03. The van der Waals surface area contributed by atoms with Gasteiger partial charge in [-0.2, -0.15) is 13.2 Å². The van der Waals surface area contributed by atoms with E-state index < -0.39 is 37.4 Å². The molecule has 1 aliphatic rings. The van der Waals surface area contributed by atoms with Crippen LogP contribution >= 0.6 is 0 Å². The summed E-state index contributed by atoms with van der Waals surface area (Å²) in [6, 6.07) is -1.04. The molecule has 4 nitrogen and oxygen atoms in total. The predicted octanol–water partition coefficient (Wildman–Crippen LogP) is -0.00970. The second kappa shape index (κ2) is 3.51. The molecular weight excluding hydrogens is 191 g/mol. The van der Waals surface area contributed by atoms with E-state index in [1.54, 1.807) is 0 Å². The summed E-state index contributed by atoms with van der Waals surface area (Å²) in [6.07, 6.45) is -6.33. The van der Waals surface area contributed by atoms with Crippen molar-refractivity contribution in [2.75, 3.05) is 13.2 Å². The van der Waals surface area contributed by atoms with Crippen molar-refractivity contribution < 1.29 is 27.8 Å². The van der Waals surface area contributed by atoms with Gasteiger partial charge in [0.25, 0.3) is 0 Å². The van der Waals surface area contributed by atoms with Gasteiger partial charge in [-0.25, -0.2) is 0 Å². The Morgan fingerprint density at radius 1 is 1.54 bits per heavy atom. The summed E-state index contributed by atoms with van der Waals surface area (Å²) >= 11 is 0. The minimum Gasteiger partial charge on any atom is -0.480 e. The van der Waals surface area contributed by atoms with Crippen LogP contribution in [0.5, 0.6) is 0 Å². The molecule has 76 valence electrons. The zero-order valence-electron chi connectivity index (χ0n) is 6.47. The van der Waals surface area contributed by atoms with Gasteiger partial charge >= 0.3 is 12.1 Å². The second-order valence-electron chi connectivity index (χ2n) is 2.66. The minimum absolute atomic E-state index is 0.459. The number of aliphatic carboxylic acids is 1. The molecule has 1 saturated heterocycles. The van der Waals surface area contributed by atoms with Crippen LogP contribution in [0.1, 0.15) is 0 Å². The van der Waals surface area contributed by atoms with Gasteiger partial charge in [-0.15, -0.1) is 0 Å². The van der Waals surface area contributed by atoms with Gasteiger partial charge in [0.05, 0.1) is 6.61 Å². The Morgan fingerprint density at radius 2 is 2.15 bits per heavy atom. The van der Waals surface area contributed by atoms with E-state index in [1.165, 1.54) is 0 Å². The molecule has 0 aromatic heterocycles. The molecule has 1 heterocycles. The van der Waals surface area contributed by atoms with Crippen LogP contribution in [0.15, 0.2) is 0 Å². The van der Waals surface area contributed by atoms with Crippen molar-refractivity contribution in [1.29, 1.82) is 0 Å². The van der Waals surface area contributed by atoms with E-state index in [2.05, 4.69) is 10.1 Å². The van der Waals surface area contributed by atoms with Crippen LogP contribution in [0.3, 0.4) is 0 Å². The maximum atomic E-state index is 12.0. The van der Waals surface area contributed by atoms with Gasteiger partial charge < -0.3 is 9.84 Å². The second-order valence-corrected chi connectivity index (χ2v) is 2.66. The summed E-state index contributed by atoms with van der Waals surface area (Å²) < 4.78 is 40.2. The molecule has 0 radical (unpaired) electrons. The first-order chi connectivity index (χ1) is 5.91. The number of nitrogens with one attached hydrogen (secondary N) is 1. The van der Waals surface area contributed by atoms with Crippen LogP contribution in [-0.4, -0.2) is 42.5 Å². The topological polar surface area (TPSA) is 58.6 Å². The van der Waals surface area contributed by atoms with E-state index in [-0.39, 0.29) is 0 Å². The van der Waals surface area contributed by atoms with E-state index >= 15 is 0 Å². The first kappa shape index (κ1) is 10.3. The molecule has 2 N–H and O–H groups in total. The Bertz CT molecular complexity index is 198. The lowest BCUT2D eigenvalue weighted by atomic mass is 10.2. The number of carboxylic acids is 1. The molecule has 0 amide bonds. The number of halogens is 3. The zero-order chi connectivity index (χ0) is 10.1. The van der Waals surface area contributed by atoms with Gasteiger partial charge in [0.15, 0.2) is 6.10 Å². The third-order valence-corrected chi connectivity index (χ3v) is 1.68. The lowest BCUT2D eigenvalue weighted by molar-refractivity contribution is -0.229. The number of carboxylic acid groups (broad SMARTS) is 1. The molecule has 0 aromatic rings. The fraction of sp³-hybridized carbons (Fsp3) is 0.833. The number of carbonyl (C=O) groups is 1. The van der Waals surface area contributed by atoms with Crippen LogP contribution in [0, 0.1) is 0 Å². The third kappa shape index (κ3) is 2.56. The van der Waals surface area contributed by atoms with E-state index in [1.807, 2.05) is 0 Å². The van der Waals surface area contributed by atoms with Gasteiger partial charge in [0.1, 0.15) is 6.04 Å². The number of morpholine rings is 1. The summed E-state index contributed by atoms with van der Waals surface area (Å²) in [5.41, 5.74) is 0. The highest BCUT2D eigenvalue weighted by Crippen LogP contribution is 2.24. The minimum atomic E-state index is -4.43. The maximum Gasteiger partial charge on any atom is 0.415 e. The largest absolute Gasteiger partial charge is 0.480 e. The van der Waals surface area contributed by atoms with Gasteiger partial charge in [0, 0.05) is 6.54 Å². The number of hydrogen-bond donors (Lipinski definition) is 2. The molecule has 1 rings (SSSR count). The van der Waals surface area contributed by atoms with Crippen LogP contribution in [0.25, 0.3) is 0 Å². The van der Waals surface area contributed by atoms with Crippen molar-refractivity contribution in [1.82, 2.24) is 5.32 Å². The standard InChI is InChI=1S/C6H8F3NO3/c7-6(8,9)4-1-10-3(2-13-4)5(11)12/h3-4,10H,1-2H2,(H,11,12)/t3-,4+/m1/s1. The van der Waals surface area contributed by atoms with E-state index in [4.69, 9.17) is 5.11 Å². The Hall–Kier alpha value is -0.820. The molecule has 1 aliphatic heterocycles. The van der Waals surface area contributed by atoms with E-state index in [0.29, 0.717) is 0 Å². The molecule has 0 bridgehead atoms. The highest BCUT2D eigenvalue weighted by atomic mass is 19.4. The molecule has 1 fully saturated rings. The first-order valence-corrected chi connectivity index (χ1v) is 3.56. The fourth-order valence-corrected chi connectivity index (χ4v) is 0.948. The number of alkyl halides is 3. The Balaban J connectivity index is 2.44. The van der Waals surface area contributed by atoms with Gasteiger partial charge in [0.2, 0.25) is 0 Å². The zero-order valence-corrected chi connectivity index (χ0v) is 6.47. The van der Waals surface area contributed by atoms with Gasteiger partial charge in [-0.1, -0.05) is 0 Å². The third-order valence-electron chi connectivity index (χ3n) is 1.68. The molecule has 0 saturated carbocycles. The lowest BCUT2D eigenvalue weighted by Gasteiger charge is -2.29. The quantitative estimate of drug-likeness (QED) is 0.623. The highest BCUT2D eigenvalue weighted by Gasteiger charge is 2.43. The molecule has 0 unspecified atom stereocenters. The maximum absolute atomic E-state index is 12.0. The van der Waals surface area contributed by atoms with Gasteiger partial charge in [-0.05, 0) is 0 Å². The summed E-state index contributed by atoms with van der Waals surface area (Å²) in [4.78, 5) is 10.3. The molecule has 2 atom stereocenters. The first-order valence-electron chi connectivity index (χ1n) is 3.56. The van der Waals surface area contributed by atoms with Gasteiger partial charge in [-0.3, -0.25) is 10.1 Å². The normalized spacial score (nSPS) is 30.1. The molecule has 0 aliphatic carbocycles. The van der Waals surface area contributed by atoms with Crippen LogP contribution in [0.4, 0.5) is 13.2 Å². The molecule has 0 spiro atoms. The van der Waals surface area contributed by atoms with Crippen LogP contribution in [-0.2, 0) is 9.53 Å². The summed E-state index contributed by atoms with van der Waals surface area (Å²) in [5, 5.41) is 10.6. The Morgan fingerprint density at radius 3 is 2.46 bits per heavy atom. The van der Waals surface area contributed by atoms with Crippen molar-refractivity contribution in [3.8, 4) is 0 Å². The summed E-state index contributed by atoms with van der Waals surface area (Å²) in [5.74, 6) is -1.21. The Kier molecular flexibility index (Phi) is 2.77. The molecule has 0 aromatic carbocycles. The number of ether oxygens (including phenoxy) is 1. The number of hydrogen-bond acceptors (Lipinski definition) is 3. The van der Waals surface area contributed by atoms with Crippen molar-refractivity contribution in [2.24, 2.45) is 0 Å². The Labute approximate surface area is 71.7 Å². The number of rotatable bonds is 1. The highest BCUT2D eigenvalue weighted by molar-refractivity contribution is 5.73.